The first-order valence-corrected chi connectivity index (χ1v) is 15.9. The molecular weight excluding hydrogens is 635 g/mol. The minimum absolute atomic E-state index is 0.326. The fourth-order valence-electron chi connectivity index (χ4n) is 5.34. The zero-order valence-corrected chi connectivity index (χ0v) is 28.0. The Kier molecular flexibility index (Phi) is 11.2. The minimum atomic E-state index is -1.24. The first kappa shape index (κ1) is 35.1. The number of benzene rings is 5. The van der Waals surface area contributed by atoms with Crippen LogP contribution in [0.5, 0.6) is 0 Å². The Balaban J connectivity index is 1.35. The molecule has 0 unspecified atom stereocenters. The van der Waals surface area contributed by atoms with Gasteiger partial charge in [0, 0.05) is 17.1 Å². The van der Waals surface area contributed by atoms with E-state index in [0.29, 0.717) is 11.1 Å². The average molecular weight is 668 g/mol. The topological polar surface area (TPSA) is 86.6 Å². The summed E-state index contributed by atoms with van der Waals surface area (Å²) in [6, 6.07) is 37.7. The molecule has 5 aromatic carbocycles. The molecule has 51 heavy (non-hydrogen) atoms. The van der Waals surface area contributed by atoms with Crippen molar-refractivity contribution >= 4 is 65.5 Å². The van der Waals surface area contributed by atoms with Crippen molar-refractivity contribution in [1.82, 2.24) is 0 Å². The van der Waals surface area contributed by atoms with E-state index in [-0.39, 0.29) is 11.4 Å². The van der Waals surface area contributed by atoms with Gasteiger partial charge in [0.2, 0.25) is 0 Å². The number of carboxylic acids is 2. The maximum absolute atomic E-state index is 11.1. The molecule has 0 amide bonds. The van der Waals surface area contributed by atoms with Crippen LogP contribution in [-0.2, 0) is 9.59 Å². The third-order valence-electron chi connectivity index (χ3n) is 7.99. The van der Waals surface area contributed by atoms with Crippen molar-refractivity contribution in [2.45, 2.75) is 13.8 Å². The summed E-state index contributed by atoms with van der Waals surface area (Å²) in [5.74, 6) is -2.49. The van der Waals surface area contributed by atoms with E-state index in [9.17, 15) is 9.59 Å². The highest BCUT2D eigenvalue weighted by molar-refractivity contribution is 5.94. The van der Waals surface area contributed by atoms with E-state index in [1.807, 2.05) is 48.6 Å². The molecule has 7 heteroatoms. The molecule has 0 heterocycles. The Morgan fingerprint density at radius 2 is 0.863 bits per heavy atom. The van der Waals surface area contributed by atoms with Gasteiger partial charge in [-0.2, -0.15) is 0 Å². The number of aliphatic carboxylic acids is 2. The second kappa shape index (κ2) is 16.3. The molecule has 0 radical (unpaired) electrons. The second-order valence-electron chi connectivity index (χ2n) is 11.7. The molecule has 248 valence electrons. The molecule has 0 spiro atoms. The maximum Gasteiger partial charge on any atom is 0.333 e. The summed E-state index contributed by atoms with van der Waals surface area (Å²) < 4.78 is 0. The van der Waals surface area contributed by atoms with Crippen molar-refractivity contribution in [3.8, 4) is 0 Å². The molecule has 0 aromatic heterocycles. The molecule has 7 nitrogen and oxygen atoms in total. The molecule has 0 saturated heterocycles. The van der Waals surface area contributed by atoms with Crippen LogP contribution in [0.3, 0.4) is 0 Å². The van der Waals surface area contributed by atoms with Crippen LogP contribution in [0.2, 0.25) is 0 Å². The van der Waals surface area contributed by atoms with Crippen LogP contribution >= 0.6 is 0 Å². The van der Waals surface area contributed by atoms with E-state index in [0.717, 1.165) is 44.9 Å². The first-order chi connectivity index (χ1) is 24.6. The van der Waals surface area contributed by atoms with Gasteiger partial charge in [-0.1, -0.05) is 115 Å². The summed E-state index contributed by atoms with van der Waals surface area (Å²) in [6.45, 7) is 18.2. The molecule has 0 aliphatic rings. The highest BCUT2D eigenvalue weighted by Gasteiger charge is 2.15. The Bertz CT molecular complexity index is 2130. The van der Waals surface area contributed by atoms with E-state index in [1.54, 1.807) is 24.3 Å². The van der Waals surface area contributed by atoms with Crippen molar-refractivity contribution in [2.75, 3.05) is 4.90 Å². The molecule has 0 atom stereocenters. The van der Waals surface area contributed by atoms with Gasteiger partial charge in [0.05, 0.1) is 13.1 Å². The van der Waals surface area contributed by atoms with E-state index in [1.165, 1.54) is 17.7 Å². The van der Waals surface area contributed by atoms with Crippen LogP contribution in [0.25, 0.3) is 46.1 Å². The Labute approximate surface area is 297 Å². The fourth-order valence-corrected chi connectivity index (χ4v) is 5.34. The van der Waals surface area contributed by atoms with E-state index < -0.39 is 11.9 Å². The highest BCUT2D eigenvalue weighted by atomic mass is 16.4. The van der Waals surface area contributed by atoms with Gasteiger partial charge < -0.3 is 15.1 Å². The summed E-state index contributed by atoms with van der Waals surface area (Å²) in [5.41, 5.74) is 10.00. The molecule has 5 rings (SSSR count). The lowest BCUT2D eigenvalue weighted by molar-refractivity contribution is -0.133. The summed E-state index contributed by atoms with van der Waals surface area (Å²) >= 11 is 0. The molecule has 0 fully saturated rings. The smallest absolute Gasteiger partial charge is 0.333 e. The van der Waals surface area contributed by atoms with E-state index in [2.05, 4.69) is 95.2 Å². The number of hydrogen-bond donors (Lipinski definition) is 2. The third kappa shape index (κ3) is 9.23. The average Bonchev–Trinajstić information content (AvgIpc) is 3.13. The summed E-state index contributed by atoms with van der Waals surface area (Å²) in [5, 5.41) is 18.2. The van der Waals surface area contributed by atoms with Gasteiger partial charge in [-0.25, -0.2) is 9.69 Å². The van der Waals surface area contributed by atoms with Gasteiger partial charge in [0.15, 0.2) is 0 Å². The minimum Gasteiger partial charge on any atom is -0.486 e. The van der Waals surface area contributed by atoms with Gasteiger partial charge in [-0.05, 0) is 95.3 Å². The number of anilines is 3. The lowest BCUT2D eigenvalue weighted by Crippen LogP contribution is -2.11. The molecule has 0 saturated carbocycles. The number of aryl methyl sites for hydroxylation is 2. The Hall–Kier alpha value is -7.22. The number of rotatable bonds is 11. The monoisotopic (exact) mass is 667 g/mol. The molecule has 2 N–H and O–H groups in total. The van der Waals surface area contributed by atoms with Gasteiger partial charge in [-0.3, -0.25) is 9.59 Å². The zero-order valence-electron chi connectivity index (χ0n) is 28.0. The summed E-state index contributed by atoms with van der Waals surface area (Å²) in [4.78, 5) is 30.6. The van der Waals surface area contributed by atoms with Gasteiger partial charge in [-0.15, -0.1) is 0 Å². The van der Waals surface area contributed by atoms with Crippen molar-refractivity contribution < 1.29 is 19.8 Å². The van der Waals surface area contributed by atoms with Crippen LogP contribution < -0.4 is 4.90 Å². The zero-order chi connectivity index (χ0) is 36.3. The van der Waals surface area contributed by atoms with Crippen molar-refractivity contribution in [3.05, 3.63) is 194 Å². The van der Waals surface area contributed by atoms with E-state index in [4.69, 9.17) is 23.4 Å². The predicted octanol–water partition coefficient (Wildman–Crippen LogP) is 10.8. The standard InChI is InChI=1S/C44H33N3O4/c1-30-5-26-42(31(2)27-30)47(38-22-18-34(19-23-38)8-6-32-10-14-36(15-11-32)28-40(45-3)43(48)49)39-24-20-35(21-25-39)9-7-33-12-16-37(17-13-33)29-41(46-4)44(50)51/h5-29H,1-2H3,(H,48,49)(H,50,51)/b8-6+,9-7+,40-28-,41-29-. The number of hydrogen-bond acceptors (Lipinski definition) is 3. The number of nitrogens with zero attached hydrogens (tertiary/aromatic N) is 3. The fraction of sp³-hybridized carbons (Fsp3) is 0.0455. The Morgan fingerprint density at radius 1 is 0.529 bits per heavy atom. The molecule has 0 bridgehead atoms. The third-order valence-corrected chi connectivity index (χ3v) is 7.99. The number of carbonyl (C=O) groups is 2. The lowest BCUT2D eigenvalue weighted by atomic mass is 10.1. The van der Waals surface area contributed by atoms with Crippen LogP contribution in [0.1, 0.15) is 44.5 Å². The summed E-state index contributed by atoms with van der Waals surface area (Å²) in [7, 11) is 0. The van der Waals surface area contributed by atoms with E-state index >= 15 is 0 Å². The van der Waals surface area contributed by atoms with Crippen molar-refractivity contribution in [2.24, 2.45) is 0 Å². The largest absolute Gasteiger partial charge is 0.486 e. The van der Waals surface area contributed by atoms with Crippen LogP contribution in [-0.4, -0.2) is 22.2 Å². The quantitative estimate of drug-likeness (QED) is 0.0832. The molecule has 0 aliphatic heterocycles. The molecule has 0 aliphatic carbocycles. The first-order valence-electron chi connectivity index (χ1n) is 15.9. The van der Waals surface area contributed by atoms with Crippen LogP contribution in [0.4, 0.5) is 17.1 Å². The maximum atomic E-state index is 11.1. The van der Waals surface area contributed by atoms with Crippen LogP contribution in [0.15, 0.2) is 127 Å². The van der Waals surface area contributed by atoms with Crippen molar-refractivity contribution in [1.29, 1.82) is 0 Å². The van der Waals surface area contributed by atoms with Gasteiger partial charge in [0.1, 0.15) is 0 Å². The van der Waals surface area contributed by atoms with Gasteiger partial charge in [0.25, 0.3) is 11.4 Å². The van der Waals surface area contributed by atoms with Gasteiger partial charge >= 0.3 is 11.9 Å². The lowest BCUT2D eigenvalue weighted by Gasteiger charge is -2.27. The Morgan fingerprint density at radius 3 is 1.18 bits per heavy atom. The SMILES string of the molecule is [C-]#[N+]/C(=C\c1ccc(/C=C/c2ccc(N(c3ccc(/C=C/c4ccc(/C=C(\[N+]#[C-])C(=O)O)cc4)cc3)c3ccc(C)cc3C)cc2)cc1)C(=O)O. The van der Waals surface area contributed by atoms with Crippen molar-refractivity contribution in [3.63, 3.8) is 0 Å². The predicted molar refractivity (Wildman–Crippen MR) is 206 cm³/mol. The molecule has 5 aromatic rings. The highest BCUT2D eigenvalue weighted by Crippen LogP contribution is 2.37. The second-order valence-corrected chi connectivity index (χ2v) is 11.7. The molecular formula is C44H33N3O4. The number of carboxylic acid groups (broad SMARTS) is 2. The normalized spacial score (nSPS) is 11.7. The van der Waals surface area contributed by atoms with Crippen LogP contribution in [0, 0.1) is 27.0 Å². The summed E-state index contributed by atoms with van der Waals surface area (Å²) in [6.07, 6.45) is 10.7.